The van der Waals surface area contributed by atoms with Crippen LogP contribution in [0.1, 0.15) is 22.0 Å². The number of oxime groups is 1. The van der Waals surface area contributed by atoms with E-state index < -0.39 is 0 Å². The molecule has 18 heavy (non-hydrogen) atoms. The summed E-state index contributed by atoms with van der Waals surface area (Å²) in [5.74, 6) is -0.149. The number of hydrogen-bond acceptors (Lipinski definition) is 4. The van der Waals surface area contributed by atoms with Gasteiger partial charge in [0.15, 0.2) is 11.9 Å². The number of nitrogens with two attached hydrogens (primary N) is 1. The van der Waals surface area contributed by atoms with Gasteiger partial charge >= 0.3 is 0 Å². The van der Waals surface area contributed by atoms with Gasteiger partial charge in [0.1, 0.15) is 0 Å². The maximum Gasteiger partial charge on any atom is 0.192 e. The second kappa shape index (κ2) is 3.10. The van der Waals surface area contributed by atoms with Crippen LogP contribution in [-0.4, -0.2) is 11.5 Å². The monoisotopic (exact) mass is 238 g/mol. The fraction of sp³-hybridized carbons (Fsp3) is 0.143. The molecule has 2 aliphatic carbocycles. The molecule has 2 unspecified atom stereocenters. The number of fused-ring (bicyclic) bond motifs is 2. The summed E-state index contributed by atoms with van der Waals surface area (Å²) in [6.45, 7) is 0. The highest BCUT2D eigenvalue weighted by atomic mass is 16.6. The number of allylic oxidation sites excluding steroid dienone is 2. The van der Waals surface area contributed by atoms with Crippen LogP contribution in [0.4, 0.5) is 0 Å². The molecule has 0 spiro atoms. The van der Waals surface area contributed by atoms with E-state index in [-0.39, 0.29) is 17.8 Å². The predicted molar refractivity (Wildman–Crippen MR) is 65.9 cm³/mol. The summed E-state index contributed by atoms with van der Waals surface area (Å²) in [6, 6.07) is 7.49. The summed E-state index contributed by atoms with van der Waals surface area (Å²) in [7, 11) is 0. The van der Waals surface area contributed by atoms with Crippen LogP contribution in [0.25, 0.3) is 0 Å². The average Bonchev–Trinajstić information content (AvgIpc) is 2.82. The molecule has 88 valence electrons. The molecule has 4 nitrogen and oxygen atoms in total. The topological polar surface area (TPSA) is 64.7 Å². The highest BCUT2D eigenvalue weighted by molar-refractivity contribution is 6.19. The average molecular weight is 238 g/mol. The Balaban J connectivity index is 2.04. The molecule has 1 aromatic carbocycles. The van der Waals surface area contributed by atoms with Crippen LogP contribution in [-0.2, 0) is 4.84 Å². The highest BCUT2D eigenvalue weighted by Crippen LogP contribution is 2.46. The summed E-state index contributed by atoms with van der Waals surface area (Å²) in [5.41, 5.74) is 9.45. The second-order valence-corrected chi connectivity index (χ2v) is 4.64. The van der Waals surface area contributed by atoms with Crippen molar-refractivity contribution in [3.63, 3.8) is 0 Å². The Labute approximate surface area is 103 Å². The summed E-state index contributed by atoms with van der Waals surface area (Å²) >= 11 is 0. The molecule has 0 amide bonds. The van der Waals surface area contributed by atoms with Crippen molar-refractivity contribution in [2.24, 2.45) is 16.8 Å². The molecule has 0 saturated heterocycles. The van der Waals surface area contributed by atoms with E-state index in [9.17, 15) is 4.79 Å². The number of ketones is 1. The first-order chi connectivity index (χ1) is 8.77. The molecule has 2 N–H and O–H groups in total. The normalized spacial score (nSPS) is 27.6. The lowest BCUT2D eigenvalue weighted by atomic mass is 9.72. The quantitative estimate of drug-likeness (QED) is 0.748. The molecule has 0 radical (unpaired) electrons. The SMILES string of the molecule is NC1=C2C(=O)c3ccccc3C3ON=C(C=C1)C23. The zero-order chi connectivity index (χ0) is 12.3. The van der Waals surface area contributed by atoms with E-state index in [4.69, 9.17) is 10.6 Å². The number of hydrogen-bond donors (Lipinski definition) is 1. The Morgan fingerprint density at radius 2 is 2.06 bits per heavy atom. The van der Waals surface area contributed by atoms with E-state index >= 15 is 0 Å². The van der Waals surface area contributed by atoms with Crippen LogP contribution >= 0.6 is 0 Å². The Morgan fingerprint density at radius 1 is 1.22 bits per heavy atom. The van der Waals surface area contributed by atoms with Gasteiger partial charge in [0.2, 0.25) is 0 Å². The molecule has 1 aromatic rings. The van der Waals surface area contributed by atoms with Crippen LogP contribution in [0.2, 0.25) is 0 Å². The van der Waals surface area contributed by atoms with E-state index in [1.165, 1.54) is 0 Å². The minimum Gasteiger partial charge on any atom is -0.398 e. The maximum absolute atomic E-state index is 12.5. The van der Waals surface area contributed by atoms with Gasteiger partial charge in [0.25, 0.3) is 0 Å². The lowest BCUT2D eigenvalue weighted by Gasteiger charge is -2.30. The van der Waals surface area contributed by atoms with Gasteiger partial charge in [-0.05, 0) is 12.2 Å². The largest absolute Gasteiger partial charge is 0.398 e. The fourth-order valence-corrected chi connectivity index (χ4v) is 2.87. The van der Waals surface area contributed by atoms with Crippen molar-refractivity contribution in [3.8, 4) is 0 Å². The fourth-order valence-electron chi connectivity index (χ4n) is 2.87. The summed E-state index contributed by atoms with van der Waals surface area (Å²) in [4.78, 5) is 18.0. The van der Waals surface area contributed by atoms with Gasteiger partial charge in [-0.2, -0.15) is 0 Å². The van der Waals surface area contributed by atoms with Gasteiger partial charge in [-0.25, -0.2) is 0 Å². The van der Waals surface area contributed by atoms with Crippen molar-refractivity contribution in [3.05, 3.63) is 58.8 Å². The molecule has 2 atom stereocenters. The standard InChI is InChI=1S/C14H10N2O2/c15-9-5-6-10-12-11(9)13(17)7-3-1-2-4-8(7)14(12)18-16-10/h1-6,12,14H,15H2. The summed E-state index contributed by atoms with van der Waals surface area (Å²) in [5, 5.41) is 4.06. The summed E-state index contributed by atoms with van der Waals surface area (Å²) < 4.78 is 0. The second-order valence-electron chi connectivity index (χ2n) is 4.64. The van der Waals surface area contributed by atoms with Crippen molar-refractivity contribution < 1.29 is 9.63 Å². The van der Waals surface area contributed by atoms with Crippen LogP contribution in [0.5, 0.6) is 0 Å². The van der Waals surface area contributed by atoms with E-state index in [2.05, 4.69) is 5.16 Å². The Hall–Kier alpha value is -2.36. The third-order valence-electron chi connectivity index (χ3n) is 3.71. The predicted octanol–water partition coefficient (Wildman–Crippen LogP) is 1.71. The van der Waals surface area contributed by atoms with Gasteiger partial charge in [0.05, 0.1) is 11.6 Å². The minimum atomic E-state index is -0.215. The molecule has 0 aromatic heterocycles. The molecule has 0 fully saturated rings. The highest BCUT2D eigenvalue weighted by Gasteiger charge is 2.47. The smallest absolute Gasteiger partial charge is 0.192 e. The number of carbonyl (C=O) groups is 1. The Kier molecular flexibility index (Phi) is 1.66. The molecule has 0 saturated carbocycles. The van der Waals surface area contributed by atoms with E-state index in [0.29, 0.717) is 16.8 Å². The van der Waals surface area contributed by atoms with Crippen molar-refractivity contribution in [2.45, 2.75) is 6.10 Å². The number of carbonyl (C=O) groups excluding carboxylic acids is 1. The molecular formula is C14H10N2O2. The van der Waals surface area contributed by atoms with Gasteiger partial charge in [-0.15, -0.1) is 0 Å². The number of nitrogens with zero attached hydrogens (tertiary/aromatic N) is 1. The first kappa shape index (κ1) is 9.65. The van der Waals surface area contributed by atoms with Crippen LogP contribution < -0.4 is 5.73 Å². The van der Waals surface area contributed by atoms with Crippen molar-refractivity contribution >= 4 is 11.5 Å². The zero-order valence-corrected chi connectivity index (χ0v) is 9.46. The van der Waals surface area contributed by atoms with Crippen molar-refractivity contribution in [1.29, 1.82) is 0 Å². The summed E-state index contributed by atoms with van der Waals surface area (Å²) in [6.07, 6.45) is 3.33. The number of rotatable bonds is 0. The zero-order valence-electron chi connectivity index (χ0n) is 9.46. The molecule has 4 rings (SSSR count). The maximum atomic E-state index is 12.5. The lowest BCUT2D eigenvalue weighted by molar-refractivity contribution is 0.0609. The minimum absolute atomic E-state index is 0.00750. The van der Waals surface area contributed by atoms with Crippen LogP contribution in [0, 0.1) is 5.92 Å². The number of Topliss-reactive ketones (excluding diaryl/α,β-unsaturated/α-hetero) is 1. The molecule has 0 bridgehead atoms. The molecule has 1 heterocycles. The van der Waals surface area contributed by atoms with Gasteiger partial charge < -0.3 is 10.6 Å². The van der Waals surface area contributed by atoms with Crippen LogP contribution in [0.3, 0.4) is 0 Å². The van der Waals surface area contributed by atoms with E-state index in [0.717, 1.165) is 11.3 Å². The number of benzene rings is 1. The molecule has 4 heteroatoms. The van der Waals surface area contributed by atoms with Gasteiger partial charge in [-0.3, -0.25) is 4.79 Å². The van der Waals surface area contributed by atoms with Crippen LogP contribution in [0.15, 0.2) is 52.8 Å². The molecule has 3 aliphatic rings. The van der Waals surface area contributed by atoms with Gasteiger partial charge in [0, 0.05) is 22.4 Å². The van der Waals surface area contributed by atoms with Crippen molar-refractivity contribution in [1.82, 2.24) is 0 Å². The molecule has 1 aliphatic heterocycles. The van der Waals surface area contributed by atoms with Crippen molar-refractivity contribution in [2.75, 3.05) is 0 Å². The van der Waals surface area contributed by atoms with E-state index in [1.807, 2.05) is 30.3 Å². The Bertz CT molecular complexity index is 670. The first-order valence-corrected chi connectivity index (χ1v) is 5.82. The molecular weight excluding hydrogens is 228 g/mol. The Morgan fingerprint density at radius 3 is 2.94 bits per heavy atom. The lowest BCUT2D eigenvalue weighted by Crippen LogP contribution is -2.33. The van der Waals surface area contributed by atoms with Gasteiger partial charge in [-0.1, -0.05) is 29.4 Å². The first-order valence-electron chi connectivity index (χ1n) is 5.82. The van der Waals surface area contributed by atoms with E-state index in [1.54, 1.807) is 6.08 Å². The third-order valence-corrected chi connectivity index (χ3v) is 3.71. The third kappa shape index (κ3) is 1.00.